The van der Waals surface area contributed by atoms with Crippen LogP contribution in [0.2, 0.25) is 0 Å². The average molecular weight is 460 g/mol. The highest BCUT2D eigenvalue weighted by molar-refractivity contribution is 9.10. The van der Waals surface area contributed by atoms with Gasteiger partial charge in [0.05, 0.1) is 46.1 Å². The molecule has 1 amide bonds. The number of carbonyl (C=O) groups excluding carboxylic acids is 2. The lowest BCUT2D eigenvalue weighted by molar-refractivity contribution is -0.156. The minimum atomic E-state index is -0.470. The minimum absolute atomic E-state index is 0.129. The first-order valence-corrected chi connectivity index (χ1v) is 10.1. The van der Waals surface area contributed by atoms with Gasteiger partial charge in [0.15, 0.2) is 0 Å². The summed E-state index contributed by atoms with van der Waals surface area (Å²) < 4.78 is 22.2. The molecule has 1 rings (SSSR count). The van der Waals surface area contributed by atoms with Crippen LogP contribution in [0.5, 0.6) is 0 Å². The molecule has 28 heavy (non-hydrogen) atoms. The first-order valence-electron chi connectivity index (χ1n) is 9.27. The van der Waals surface area contributed by atoms with E-state index in [0.717, 1.165) is 4.47 Å². The molecule has 0 aliphatic carbocycles. The molecule has 7 nitrogen and oxygen atoms in total. The number of benzene rings is 1. The third-order valence-electron chi connectivity index (χ3n) is 3.25. The fourth-order valence-electron chi connectivity index (χ4n) is 2.03. The van der Waals surface area contributed by atoms with Gasteiger partial charge in [-0.25, -0.2) is 0 Å². The highest BCUT2D eigenvalue weighted by Crippen LogP contribution is 2.10. The van der Waals surface area contributed by atoms with E-state index in [9.17, 15) is 9.59 Å². The maximum Gasteiger partial charge on any atom is 0.308 e. The fraction of sp³-hybridized carbons (Fsp3) is 0.600. The molecule has 0 heterocycles. The third kappa shape index (κ3) is 12.8. The van der Waals surface area contributed by atoms with Gasteiger partial charge in [-0.2, -0.15) is 0 Å². The van der Waals surface area contributed by atoms with Gasteiger partial charge >= 0.3 is 5.97 Å². The van der Waals surface area contributed by atoms with Gasteiger partial charge in [0, 0.05) is 16.6 Å². The number of esters is 1. The Morgan fingerprint density at radius 2 is 1.43 bits per heavy atom. The quantitative estimate of drug-likeness (QED) is 0.360. The van der Waals surface area contributed by atoms with Crippen LogP contribution in [0.4, 0.5) is 0 Å². The van der Waals surface area contributed by atoms with E-state index in [0.29, 0.717) is 51.7 Å². The zero-order valence-electron chi connectivity index (χ0n) is 16.8. The Balaban J connectivity index is 1.88. The van der Waals surface area contributed by atoms with Crippen molar-refractivity contribution in [1.29, 1.82) is 0 Å². The summed E-state index contributed by atoms with van der Waals surface area (Å²) in [5.74, 6) is -0.398. The van der Waals surface area contributed by atoms with E-state index in [1.165, 1.54) is 0 Å². The number of hydrogen-bond donors (Lipinski definition) is 1. The molecule has 0 aromatic heterocycles. The lowest BCUT2D eigenvalue weighted by Gasteiger charge is -2.19. The van der Waals surface area contributed by atoms with Crippen LogP contribution in [0.15, 0.2) is 28.7 Å². The summed E-state index contributed by atoms with van der Waals surface area (Å²) in [5, 5.41) is 2.79. The van der Waals surface area contributed by atoms with Crippen LogP contribution in [0.1, 0.15) is 37.6 Å². The Morgan fingerprint density at radius 1 is 0.893 bits per heavy atom. The van der Waals surface area contributed by atoms with Crippen molar-refractivity contribution in [1.82, 2.24) is 5.32 Å². The number of nitrogens with one attached hydrogen (secondary N) is 1. The molecule has 1 aromatic carbocycles. The van der Waals surface area contributed by atoms with Crippen molar-refractivity contribution in [3.05, 3.63) is 34.3 Å². The molecule has 0 saturated heterocycles. The van der Waals surface area contributed by atoms with Crippen molar-refractivity contribution >= 4 is 27.8 Å². The molecule has 0 bridgehead atoms. The maximum absolute atomic E-state index is 11.9. The molecule has 0 aliphatic rings. The highest BCUT2D eigenvalue weighted by Gasteiger charge is 2.15. The molecule has 158 valence electrons. The number of rotatable bonds is 13. The molecule has 0 saturated carbocycles. The standard InChI is InChI=1S/C20H30BrNO6/c1-20(2,3)28-18(23)8-10-25-12-14-27-15-13-26-11-9-22-19(24)16-4-6-17(21)7-5-16/h4-7H,8-15H2,1-3H3,(H,22,24). The molecule has 0 unspecified atom stereocenters. The van der Waals surface area contributed by atoms with E-state index < -0.39 is 5.60 Å². The molecule has 0 aliphatic heterocycles. The topological polar surface area (TPSA) is 83.1 Å². The van der Waals surface area contributed by atoms with Gasteiger partial charge in [-0.3, -0.25) is 9.59 Å². The second kappa shape index (κ2) is 13.7. The molecule has 1 N–H and O–H groups in total. The third-order valence-corrected chi connectivity index (χ3v) is 3.78. The summed E-state index contributed by atoms with van der Waals surface area (Å²) in [6, 6.07) is 7.15. The summed E-state index contributed by atoms with van der Waals surface area (Å²) in [6.45, 7) is 8.37. The fourth-order valence-corrected chi connectivity index (χ4v) is 2.29. The summed E-state index contributed by atoms with van der Waals surface area (Å²) in [4.78, 5) is 23.4. The predicted octanol–water partition coefficient (Wildman–Crippen LogP) is 2.96. The second-order valence-corrected chi connectivity index (χ2v) is 7.85. The normalized spacial score (nSPS) is 11.3. The van der Waals surface area contributed by atoms with E-state index in [-0.39, 0.29) is 18.3 Å². The molecule has 0 spiro atoms. The summed E-state index contributed by atoms with van der Waals surface area (Å²) in [6.07, 6.45) is 0.229. The molecular formula is C20H30BrNO6. The molecule has 0 radical (unpaired) electrons. The number of amides is 1. The highest BCUT2D eigenvalue weighted by atomic mass is 79.9. The van der Waals surface area contributed by atoms with E-state index in [4.69, 9.17) is 18.9 Å². The van der Waals surface area contributed by atoms with Crippen LogP contribution >= 0.6 is 15.9 Å². The maximum atomic E-state index is 11.9. The van der Waals surface area contributed by atoms with E-state index in [2.05, 4.69) is 21.2 Å². The Labute approximate surface area is 175 Å². The van der Waals surface area contributed by atoms with Crippen molar-refractivity contribution in [2.45, 2.75) is 32.8 Å². The summed E-state index contributed by atoms with van der Waals surface area (Å²) >= 11 is 3.33. The van der Waals surface area contributed by atoms with Crippen molar-refractivity contribution in [2.75, 3.05) is 46.2 Å². The number of ether oxygens (including phenoxy) is 4. The zero-order valence-corrected chi connectivity index (χ0v) is 18.4. The second-order valence-electron chi connectivity index (χ2n) is 6.94. The zero-order chi connectivity index (χ0) is 20.8. The van der Waals surface area contributed by atoms with Crippen molar-refractivity contribution in [3.8, 4) is 0 Å². The van der Waals surface area contributed by atoms with Crippen LogP contribution in [-0.4, -0.2) is 63.7 Å². The van der Waals surface area contributed by atoms with Crippen molar-refractivity contribution in [2.24, 2.45) is 0 Å². The number of carbonyl (C=O) groups is 2. The van der Waals surface area contributed by atoms with Gasteiger partial charge in [0.2, 0.25) is 0 Å². The van der Waals surface area contributed by atoms with Gasteiger partial charge in [0.25, 0.3) is 5.91 Å². The average Bonchev–Trinajstić information content (AvgIpc) is 2.61. The molecule has 0 atom stereocenters. The lowest BCUT2D eigenvalue weighted by atomic mass is 10.2. The van der Waals surface area contributed by atoms with Crippen LogP contribution < -0.4 is 5.32 Å². The Morgan fingerprint density at radius 3 is 2.00 bits per heavy atom. The summed E-state index contributed by atoms with van der Waals surface area (Å²) in [5.41, 5.74) is 0.139. The van der Waals surface area contributed by atoms with Crippen LogP contribution in [0, 0.1) is 0 Å². The van der Waals surface area contributed by atoms with Gasteiger partial charge in [-0.05, 0) is 45.0 Å². The van der Waals surface area contributed by atoms with Crippen LogP contribution in [0.3, 0.4) is 0 Å². The van der Waals surface area contributed by atoms with Crippen molar-refractivity contribution < 1.29 is 28.5 Å². The Bertz CT molecular complexity index is 585. The molecule has 8 heteroatoms. The smallest absolute Gasteiger partial charge is 0.308 e. The largest absolute Gasteiger partial charge is 0.460 e. The SMILES string of the molecule is CC(C)(C)OC(=O)CCOCCOCCOCCNC(=O)c1ccc(Br)cc1. The van der Waals surface area contributed by atoms with Crippen LogP contribution in [0.25, 0.3) is 0 Å². The predicted molar refractivity (Wildman–Crippen MR) is 109 cm³/mol. The molecule has 0 fully saturated rings. The first kappa shape index (κ1) is 24.6. The van der Waals surface area contributed by atoms with E-state index in [1.807, 2.05) is 32.9 Å². The lowest BCUT2D eigenvalue weighted by Crippen LogP contribution is -2.27. The van der Waals surface area contributed by atoms with Crippen LogP contribution in [-0.2, 0) is 23.7 Å². The van der Waals surface area contributed by atoms with Gasteiger partial charge in [0.1, 0.15) is 5.60 Å². The first-order chi connectivity index (χ1) is 13.3. The number of halogens is 1. The van der Waals surface area contributed by atoms with Gasteiger partial charge < -0.3 is 24.3 Å². The molecule has 1 aromatic rings. The van der Waals surface area contributed by atoms with E-state index in [1.54, 1.807) is 12.1 Å². The minimum Gasteiger partial charge on any atom is -0.460 e. The summed E-state index contributed by atoms with van der Waals surface area (Å²) in [7, 11) is 0. The van der Waals surface area contributed by atoms with Crippen molar-refractivity contribution in [3.63, 3.8) is 0 Å². The van der Waals surface area contributed by atoms with E-state index >= 15 is 0 Å². The number of hydrogen-bond acceptors (Lipinski definition) is 6. The Hall–Kier alpha value is -1.48. The van der Waals surface area contributed by atoms with Gasteiger partial charge in [-0.15, -0.1) is 0 Å². The van der Waals surface area contributed by atoms with Gasteiger partial charge in [-0.1, -0.05) is 15.9 Å². The molecular weight excluding hydrogens is 430 g/mol. The Kier molecular flexibility index (Phi) is 12.0. The monoisotopic (exact) mass is 459 g/mol.